The first-order chi connectivity index (χ1) is 7.38. The Morgan fingerprint density at radius 2 is 2.40 bits per heavy atom. The first-order valence-corrected chi connectivity index (χ1v) is 7.29. The molecule has 0 aromatic rings. The van der Waals surface area contributed by atoms with Crippen molar-refractivity contribution in [1.29, 1.82) is 0 Å². The standard InChI is InChI=1S/C11H24N2OS/c1-3-12-9-11-10-14-7-6-13(11)5-4-8-15-2/h11-12H,3-10H2,1-2H3. The molecule has 0 saturated carbocycles. The maximum atomic E-state index is 5.53. The second-order valence-electron chi connectivity index (χ2n) is 3.92. The highest BCUT2D eigenvalue weighted by Gasteiger charge is 2.21. The average molecular weight is 232 g/mol. The van der Waals surface area contributed by atoms with Crippen LogP contribution in [-0.4, -0.2) is 62.3 Å². The van der Waals surface area contributed by atoms with E-state index < -0.39 is 0 Å². The van der Waals surface area contributed by atoms with Crippen molar-refractivity contribution < 1.29 is 4.74 Å². The first-order valence-electron chi connectivity index (χ1n) is 5.90. The lowest BCUT2D eigenvalue weighted by Gasteiger charge is -2.35. The van der Waals surface area contributed by atoms with Crippen molar-refractivity contribution in [2.24, 2.45) is 0 Å². The summed E-state index contributed by atoms with van der Waals surface area (Å²) in [5, 5.41) is 3.41. The van der Waals surface area contributed by atoms with Crippen LogP contribution in [0.4, 0.5) is 0 Å². The maximum Gasteiger partial charge on any atom is 0.0634 e. The minimum atomic E-state index is 0.584. The fourth-order valence-corrected chi connectivity index (χ4v) is 2.31. The van der Waals surface area contributed by atoms with Gasteiger partial charge in [-0.05, 0) is 31.5 Å². The lowest BCUT2D eigenvalue weighted by atomic mass is 10.2. The highest BCUT2D eigenvalue weighted by molar-refractivity contribution is 7.98. The molecule has 90 valence electrons. The van der Waals surface area contributed by atoms with Gasteiger partial charge in [-0.3, -0.25) is 4.90 Å². The van der Waals surface area contributed by atoms with E-state index in [4.69, 9.17) is 4.74 Å². The molecule has 0 radical (unpaired) electrons. The van der Waals surface area contributed by atoms with Crippen LogP contribution in [0.5, 0.6) is 0 Å². The molecule has 1 rings (SSSR count). The quantitative estimate of drug-likeness (QED) is 0.663. The predicted molar refractivity (Wildman–Crippen MR) is 67.7 cm³/mol. The van der Waals surface area contributed by atoms with Gasteiger partial charge in [0.05, 0.1) is 13.2 Å². The van der Waals surface area contributed by atoms with E-state index in [-0.39, 0.29) is 0 Å². The second-order valence-corrected chi connectivity index (χ2v) is 4.90. The molecule has 15 heavy (non-hydrogen) atoms. The lowest BCUT2D eigenvalue weighted by Crippen LogP contribution is -2.50. The van der Waals surface area contributed by atoms with Crippen LogP contribution in [0.25, 0.3) is 0 Å². The van der Waals surface area contributed by atoms with Crippen LogP contribution in [0.15, 0.2) is 0 Å². The molecule has 0 aromatic heterocycles. The van der Waals surface area contributed by atoms with Crippen LogP contribution in [-0.2, 0) is 4.74 Å². The number of thioether (sulfide) groups is 1. The van der Waals surface area contributed by atoms with Crippen molar-refractivity contribution in [3.8, 4) is 0 Å². The summed E-state index contributed by atoms with van der Waals surface area (Å²) in [6.45, 7) is 8.39. The van der Waals surface area contributed by atoms with Gasteiger partial charge in [-0.1, -0.05) is 6.92 Å². The third kappa shape index (κ3) is 5.20. The summed E-state index contributed by atoms with van der Waals surface area (Å²) in [4.78, 5) is 2.57. The zero-order valence-corrected chi connectivity index (χ0v) is 10.8. The van der Waals surface area contributed by atoms with E-state index in [1.807, 2.05) is 11.8 Å². The Balaban J connectivity index is 2.22. The Hall–Kier alpha value is 0.230. The lowest BCUT2D eigenvalue weighted by molar-refractivity contribution is -0.00631. The van der Waals surface area contributed by atoms with Crippen molar-refractivity contribution in [3.63, 3.8) is 0 Å². The molecule has 0 spiro atoms. The van der Waals surface area contributed by atoms with Gasteiger partial charge in [-0.25, -0.2) is 0 Å². The smallest absolute Gasteiger partial charge is 0.0634 e. The Morgan fingerprint density at radius 1 is 1.53 bits per heavy atom. The molecule has 1 unspecified atom stereocenters. The molecule has 0 bridgehead atoms. The van der Waals surface area contributed by atoms with Crippen LogP contribution in [0.2, 0.25) is 0 Å². The number of likely N-dealkylation sites (N-methyl/N-ethyl adjacent to an activating group) is 1. The molecule has 1 saturated heterocycles. The molecular formula is C11H24N2OS. The summed E-state index contributed by atoms with van der Waals surface area (Å²) in [7, 11) is 0. The Labute approximate surface area is 97.9 Å². The number of nitrogens with zero attached hydrogens (tertiary/aromatic N) is 1. The number of nitrogens with one attached hydrogen (secondary N) is 1. The van der Waals surface area contributed by atoms with Crippen LogP contribution >= 0.6 is 11.8 Å². The SMILES string of the molecule is CCNCC1COCCN1CCCSC. The fourth-order valence-electron chi connectivity index (χ4n) is 1.89. The summed E-state index contributed by atoms with van der Waals surface area (Å²) in [6.07, 6.45) is 3.47. The maximum absolute atomic E-state index is 5.53. The van der Waals surface area contributed by atoms with Gasteiger partial charge in [0.1, 0.15) is 0 Å². The van der Waals surface area contributed by atoms with Crippen LogP contribution in [0.3, 0.4) is 0 Å². The molecule has 0 amide bonds. The number of rotatable bonds is 7. The fraction of sp³-hybridized carbons (Fsp3) is 1.00. The molecule has 1 N–H and O–H groups in total. The summed E-state index contributed by atoms with van der Waals surface area (Å²) in [5.74, 6) is 1.27. The van der Waals surface area contributed by atoms with Crippen molar-refractivity contribution in [1.82, 2.24) is 10.2 Å². The molecule has 3 nitrogen and oxygen atoms in total. The van der Waals surface area contributed by atoms with Gasteiger partial charge < -0.3 is 10.1 Å². The number of morpholine rings is 1. The van der Waals surface area contributed by atoms with Crippen molar-refractivity contribution >= 4 is 11.8 Å². The van der Waals surface area contributed by atoms with Gasteiger partial charge in [0, 0.05) is 19.1 Å². The molecule has 1 fully saturated rings. The van der Waals surface area contributed by atoms with Gasteiger partial charge in [0.25, 0.3) is 0 Å². The van der Waals surface area contributed by atoms with E-state index in [9.17, 15) is 0 Å². The minimum Gasteiger partial charge on any atom is -0.378 e. The van der Waals surface area contributed by atoms with Crippen LogP contribution in [0.1, 0.15) is 13.3 Å². The van der Waals surface area contributed by atoms with Crippen molar-refractivity contribution in [3.05, 3.63) is 0 Å². The monoisotopic (exact) mass is 232 g/mol. The molecule has 0 aromatic carbocycles. The number of hydrogen-bond donors (Lipinski definition) is 1. The molecule has 4 heteroatoms. The Kier molecular flexibility index (Phi) is 7.44. The predicted octanol–water partition coefficient (Wildman–Crippen LogP) is 1.05. The minimum absolute atomic E-state index is 0.584. The van der Waals surface area contributed by atoms with Gasteiger partial charge in [-0.15, -0.1) is 0 Å². The number of ether oxygens (including phenoxy) is 1. The normalized spacial score (nSPS) is 23.2. The molecule has 1 atom stereocenters. The Morgan fingerprint density at radius 3 is 3.13 bits per heavy atom. The van der Waals surface area contributed by atoms with Gasteiger partial charge in [0.2, 0.25) is 0 Å². The molecule has 1 aliphatic rings. The summed E-state index contributed by atoms with van der Waals surface area (Å²) in [6, 6.07) is 0.584. The largest absolute Gasteiger partial charge is 0.378 e. The summed E-state index contributed by atoms with van der Waals surface area (Å²) >= 11 is 1.94. The third-order valence-corrected chi connectivity index (χ3v) is 3.47. The third-order valence-electron chi connectivity index (χ3n) is 2.77. The molecule has 1 aliphatic heterocycles. The van der Waals surface area contributed by atoms with E-state index >= 15 is 0 Å². The van der Waals surface area contributed by atoms with Gasteiger partial charge >= 0.3 is 0 Å². The van der Waals surface area contributed by atoms with Gasteiger partial charge in [0.15, 0.2) is 0 Å². The summed E-state index contributed by atoms with van der Waals surface area (Å²) < 4.78 is 5.53. The Bertz CT molecular complexity index is 158. The zero-order valence-electron chi connectivity index (χ0n) is 10.00. The van der Waals surface area contributed by atoms with Crippen LogP contribution < -0.4 is 5.32 Å². The molecule has 1 heterocycles. The number of hydrogen-bond acceptors (Lipinski definition) is 4. The first kappa shape index (κ1) is 13.3. The van der Waals surface area contributed by atoms with Crippen molar-refractivity contribution in [2.75, 3.05) is 51.4 Å². The second kappa shape index (κ2) is 8.39. The molecular weight excluding hydrogens is 208 g/mol. The van der Waals surface area contributed by atoms with Crippen molar-refractivity contribution in [2.45, 2.75) is 19.4 Å². The average Bonchev–Trinajstić information content (AvgIpc) is 2.28. The van der Waals surface area contributed by atoms with E-state index in [0.29, 0.717) is 6.04 Å². The topological polar surface area (TPSA) is 24.5 Å². The molecule has 0 aliphatic carbocycles. The van der Waals surface area contributed by atoms with E-state index in [1.54, 1.807) is 0 Å². The zero-order chi connectivity index (χ0) is 10.9. The highest BCUT2D eigenvalue weighted by Crippen LogP contribution is 2.08. The van der Waals surface area contributed by atoms with E-state index in [1.165, 1.54) is 18.7 Å². The van der Waals surface area contributed by atoms with Gasteiger partial charge in [-0.2, -0.15) is 11.8 Å². The van der Waals surface area contributed by atoms with Crippen LogP contribution in [0, 0.1) is 0 Å². The van der Waals surface area contributed by atoms with E-state index in [0.717, 1.165) is 32.8 Å². The summed E-state index contributed by atoms with van der Waals surface area (Å²) in [5.41, 5.74) is 0. The highest BCUT2D eigenvalue weighted by atomic mass is 32.2. The van der Waals surface area contributed by atoms with E-state index in [2.05, 4.69) is 23.4 Å².